The Labute approximate surface area is 72.8 Å². The molecule has 0 atom stereocenters. The van der Waals surface area contributed by atoms with Crippen LogP contribution < -0.4 is 0 Å². The molecule has 3 heteroatoms. The van der Waals surface area contributed by atoms with Crippen LogP contribution in [0.2, 0.25) is 0 Å². The maximum atomic E-state index is 10.8. The average molecular weight is 172 g/mol. The van der Waals surface area contributed by atoms with Gasteiger partial charge in [0.2, 0.25) is 0 Å². The maximum Gasteiger partial charge on any atom is 0.303 e. The minimum Gasteiger partial charge on any atom is -0.481 e. The van der Waals surface area contributed by atoms with Gasteiger partial charge in [0.05, 0.1) is 0 Å². The molecule has 0 radical (unpaired) electrons. The topological polar surface area (TPSA) is 54.4 Å². The SMILES string of the molecule is CC(=O)CC(C)(C)CCC(=O)O. The molecule has 0 saturated heterocycles. The van der Waals surface area contributed by atoms with E-state index in [9.17, 15) is 9.59 Å². The Kier molecular flexibility index (Phi) is 3.93. The Morgan fingerprint density at radius 1 is 1.33 bits per heavy atom. The third kappa shape index (κ3) is 5.89. The second-order valence-electron chi connectivity index (χ2n) is 3.94. The first-order chi connectivity index (χ1) is 5.33. The van der Waals surface area contributed by atoms with Crippen LogP contribution in [-0.4, -0.2) is 16.9 Å². The average Bonchev–Trinajstić information content (AvgIpc) is 1.81. The highest BCUT2D eigenvalue weighted by molar-refractivity contribution is 5.76. The summed E-state index contributed by atoms with van der Waals surface area (Å²) >= 11 is 0. The highest BCUT2D eigenvalue weighted by Gasteiger charge is 2.20. The predicted octanol–water partition coefficient (Wildman–Crippen LogP) is 1.86. The fourth-order valence-corrected chi connectivity index (χ4v) is 1.21. The highest BCUT2D eigenvalue weighted by atomic mass is 16.4. The van der Waals surface area contributed by atoms with Gasteiger partial charge in [0.1, 0.15) is 5.78 Å². The van der Waals surface area contributed by atoms with Crippen molar-refractivity contribution < 1.29 is 14.7 Å². The van der Waals surface area contributed by atoms with Crippen LogP contribution >= 0.6 is 0 Å². The summed E-state index contributed by atoms with van der Waals surface area (Å²) in [6.45, 7) is 5.36. The molecule has 70 valence electrons. The van der Waals surface area contributed by atoms with E-state index in [2.05, 4.69) is 0 Å². The first-order valence-corrected chi connectivity index (χ1v) is 4.05. The summed E-state index contributed by atoms with van der Waals surface area (Å²) in [5, 5.41) is 8.43. The summed E-state index contributed by atoms with van der Waals surface area (Å²) in [4.78, 5) is 21.0. The van der Waals surface area contributed by atoms with Crippen LogP contribution in [-0.2, 0) is 9.59 Å². The molecule has 0 bridgehead atoms. The van der Waals surface area contributed by atoms with Crippen LogP contribution in [0.25, 0.3) is 0 Å². The molecule has 0 aromatic carbocycles. The molecule has 3 nitrogen and oxygen atoms in total. The van der Waals surface area contributed by atoms with Crippen molar-refractivity contribution >= 4 is 11.8 Å². The smallest absolute Gasteiger partial charge is 0.303 e. The number of carboxylic acid groups (broad SMARTS) is 1. The van der Waals surface area contributed by atoms with E-state index in [-0.39, 0.29) is 17.6 Å². The van der Waals surface area contributed by atoms with E-state index in [1.807, 2.05) is 13.8 Å². The number of carbonyl (C=O) groups excluding carboxylic acids is 1. The molecule has 0 aliphatic carbocycles. The molecule has 0 saturated carbocycles. The zero-order valence-electron chi connectivity index (χ0n) is 7.89. The van der Waals surface area contributed by atoms with E-state index in [0.29, 0.717) is 12.8 Å². The minimum absolute atomic E-state index is 0.116. The van der Waals surface area contributed by atoms with Crippen molar-refractivity contribution in [2.45, 2.75) is 40.0 Å². The molecule has 0 heterocycles. The lowest BCUT2D eigenvalue weighted by Gasteiger charge is -2.21. The zero-order chi connectivity index (χ0) is 9.78. The van der Waals surface area contributed by atoms with E-state index in [1.54, 1.807) is 0 Å². The minimum atomic E-state index is -0.799. The van der Waals surface area contributed by atoms with Gasteiger partial charge in [-0.15, -0.1) is 0 Å². The Hall–Kier alpha value is -0.860. The fraction of sp³-hybridized carbons (Fsp3) is 0.778. The number of hydrogen-bond donors (Lipinski definition) is 1. The summed E-state index contributed by atoms with van der Waals surface area (Å²) < 4.78 is 0. The van der Waals surface area contributed by atoms with Gasteiger partial charge in [-0.3, -0.25) is 4.79 Å². The van der Waals surface area contributed by atoms with Crippen molar-refractivity contribution in [3.05, 3.63) is 0 Å². The fourth-order valence-electron chi connectivity index (χ4n) is 1.21. The Morgan fingerprint density at radius 3 is 2.17 bits per heavy atom. The van der Waals surface area contributed by atoms with Crippen LogP contribution in [0.5, 0.6) is 0 Å². The van der Waals surface area contributed by atoms with Crippen molar-refractivity contribution in [2.24, 2.45) is 5.41 Å². The van der Waals surface area contributed by atoms with Gasteiger partial charge >= 0.3 is 5.97 Å². The summed E-state index contributed by atoms with van der Waals surface area (Å²) in [6, 6.07) is 0. The number of aliphatic carboxylic acids is 1. The van der Waals surface area contributed by atoms with E-state index in [1.165, 1.54) is 6.92 Å². The summed E-state index contributed by atoms with van der Waals surface area (Å²) in [6.07, 6.45) is 1.16. The summed E-state index contributed by atoms with van der Waals surface area (Å²) in [7, 11) is 0. The summed E-state index contributed by atoms with van der Waals surface area (Å²) in [5.74, 6) is -0.683. The summed E-state index contributed by atoms with van der Waals surface area (Å²) in [5.41, 5.74) is -0.176. The van der Waals surface area contributed by atoms with Gasteiger partial charge in [0.25, 0.3) is 0 Å². The third-order valence-electron chi connectivity index (χ3n) is 1.74. The number of Topliss-reactive ketones (excluding diaryl/α,β-unsaturated/α-hetero) is 1. The van der Waals surface area contributed by atoms with Crippen LogP contribution in [0.4, 0.5) is 0 Å². The second kappa shape index (κ2) is 4.24. The predicted molar refractivity (Wildman–Crippen MR) is 45.9 cm³/mol. The molecule has 0 unspecified atom stereocenters. The van der Waals surface area contributed by atoms with Crippen molar-refractivity contribution in [1.82, 2.24) is 0 Å². The van der Waals surface area contributed by atoms with E-state index in [0.717, 1.165) is 0 Å². The van der Waals surface area contributed by atoms with Gasteiger partial charge < -0.3 is 9.90 Å². The molecule has 0 fully saturated rings. The largest absolute Gasteiger partial charge is 0.481 e. The quantitative estimate of drug-likeness (QED) is 0.688. The number of carboxylic acids is 1. The van der Waals surface area contributed by atoms with Gasteiger partial charge in [-0.2, -0.15) is 0 Å². The first-order valence-electron chi connectivity index (χ1n) is 4.05. The monoisotopic (exact) mass is 172 g/mol. The molecule has 1 N–H and O–H groups in total. The lowest BCUT2D eigenvalue weighted by molar-refractivity contribution is -0.138. The molecular weight excluding hydrogens is 156 g/mol. The molecule has 0 rings (SSSR count). The Morgan fingerprint density at radius 2 is 1.83 bits per heavy atom. The van der Waals surface area contributed by atoms with Crippen LogP contribution in [0.15, 0.2) is 0 Å². The Bertz CT molecular complexity index is 182. The number of rotatable bonds is 5. The molecule has 0 spiro atoms. The van der Waals surface area contributed by atoms with Gasteiger partial charge in [-0.1, -0.05) is 13.8 Å². The maximum absolute atomic E-state index is 10.8. The van der Waals surface area contributed by atoms with Crippen LogP contribution in [0, 0.1) is 5.41 Å². The van der Waals surface area contributed by atoms with E-state index in [4.69, 9.17) is 5.11 Å². The van der Waals surface area contributed by atoms with Gasteiger partial charge in [0.15, 0.2) is 0 Å². The van der Waals surface area contributed by atoms with Gasteiger partial charge in [-0.05, 0) is 18.8 Å². The first kappa shape index (κ1) is 11.1. The van der Waals surface area contributed by atoms with Gasteiger partial charge in [0, 0.05) is 12.8 Å². The van der Waals surface area contributed by atoms with Crippen molar-refractivity contribution in [3.8, 4) is 0 Å². The Balaban J connectivity index is 3.86. The molecule has 0 aromatic heterocycles. The lowest BCUT2D eigenvalue weighted by Crippen LogP contribution is -2.16. The molecule has 12 heavy (non-hydrogen) atoms. The van der Waals surface area contributed by atoms with Crippen molar-refractivity contribution in [3.63, 3.8) is 0 Å². The molecule has 0 amide bonds. The third-order valence-corrected chi connectivity index (χ3v) is 1.74. The van der Waals surface area contributed by atoms with Gasteiger partial charge in [-0.25, -0.2) is 0 Å². The van der Waals surface area contributed by atoms with Crippen LogP contribution in [0.3, 0.4) is 0 Å². The lowest BCUT2D eigenvalue weighted by atomic mass is 9.83. The molecule has 0 aromatic rings. The van der Waals surface area contributed by atoms with Crippen molar-refractivity contribution in [2.75, 3.05) is 0 Å². The highest BCUT2D eigenvalue weighted by Crippen LogP contribution is 2.26. The number of hydrogen-bond acceptors (Lipinski definition) is 2. The standard InChI is InChI=1S/C9H16O3/c1-7(10)6-9(2,3)5-4-8(11)12/h4-6H2,1-3H3,(H,11,12). The normalized spacial score (nSPS) is 11.2. The van der Waals surface area contributed by atoms with Crippen LogP contribution in [0.1, 0.15) is 40.0 Å². The van der Waals surface area contributed by atoms with E-state index >= 15 is 0 Å². The number of carbonyl (C=O) groups is 2. The van der Waals surface area contributed by atoms with E-state index < -0.39 is 5.97 Å². The molecule has 0 aliphatic rings. The zero-order valence-corrected chi connectivity index (χ0v) is 7.89. The number of ketones is 1. The van der Waals surface area contributed by atoms with Crippen molar-refractivity contribution in [1.29, 1.82) is 0 Å². The molecular formula is C9H16O3. The second-order valence-corrected chi connectivity index (χ2v) is 3.94. The molecule has 0 aliphatic heterocycles.